The monoisotopic (exact) mass is 451 g/mol. The molecule has 1 aromatic rings. The SMILES string of the molecule is CCOc1ccc(N2C(=O)CN(S(C)(=O)=O)CC2(C)C(=O)NC2CCCCCC2)cc1. The summed E-state index contributed by atoms with van der Waals surface area (Å²) in [5.74, 6) is -0.0904. The summed E-state index contributed by atoms with van der Waals surface area (Å²) in [6.07, 6.45) is 7.28. The van der Waals surface area contributed by atoms with E-state index in [1.54, 1.807) is 31.2 Å². The van der Waals surface area contributed by atoms with Gasteiger partial charge < -0.3 is 10.1 Å². The van der Waals surface area contributed by atoms with Crippen LogP contribution in [0.15, 0.2) is 24.3 Å². The summed E-state index contributed by atoms with van der Waals surface area (Å²) < 4.78 is 31.1. The minimum Gasteiger partial charge on any atom is -0.494 e. The van der Waals surface area contributed by atoms with E-state index in [0.29, 0.717) is 18.0 Å². The molecule has 2 amide bonds. The Morgan fingerprint density at radius 2 is 1.77 bits per heavy atom. The minimum absolute atomic E-state index is 0.0396. The molecule has 0 radical (unpaired) electrons. The van der Waals surface area contributed by atoms with Crippen molar-refractivity contribution in [1.82, 2.24) is 9.62 Å². The molecule has 1 aliphatic carbocycles. The number of nitrogens with zero attached hydrogens (tertiary/aromatic N) is 2. The lowest BCUT2D eigenvalue weighted by Crippen LogP contribution is -2.70. The van der Waals surface area contributed by atoms with Crippen molar-refractivity contribution in [2.24, 2.45) is 0 Å². The Morgan fingerprint density at radius 1 is 1.16 bits per heavy atom. The first-order valence-electron chi connectivity index (χ1n) is 11.0. The summed E-state index contributed by atoms with van der Waals surface area (Å²) in [5, 5.41) is 3.11. The average molecular weight is 452 g/mol. The second-order valence-electron chi connectivity index (χ2n) is 8.62. The number of sulfonamides is 1. The molecule has 1 N–H and O–H groups in total. The predicted molar refractivity (Wildman–Crippen MR) is 120 cm³/mol. The van der Waals surface area contributed by atoms with Gasteiger partial charge in [0.15, 0.2) is 0 Å². The van der Waals surface area contributed by atoms with Crippen molar-refractivity contribution < 1.29 is 22.7 Å². The van der Waals surface area contributed by atoms with Gasteiger partial charge in [-0.25, -0.2) is 8.42 Å². The van der Waals surface area contributed by atoms with Gasteiger partial charge in [0.1, 0.15) is 11.3 Å². The number of hydrogen-bond acceptors (Lipinski definition) is 5. The largest absolute Gasteiger partial charge is 0.494 e. The molecular formula is C22H33N3O5S. The van der Waals surface area contributed by atoms with Crippen LogP contribution in [0.2, 0.25) is 0 Å². The molecule has 1 saturated carbocycles. The fourth-order valence-electron chi connectivity index (χ4n) is 4.43. The third-order valence-electron chi connectivity index (χ3n) is 6.09. The van der Waals surface area contributed by atoms with E-state index >= 15 is 0 Å². The fraction of sp³-hybridized carbons (Fsp3) is 0.636. The van der Waals surface area contributed by atoms with Crippen LogP contribution in [0.3, 0.4) is 0 Å². The molecule has 2 fully saturated rings. The molecule has 0 bridgehead atoms. The van der Waals surface area contributed by atoms with Crippen LogP contribution in [0, 0.1) is 0 Å². The molecule has 1 aliphatic heterocycles. The van der Waals surface area contributed by atoms with Gasteiger partial charge in [-0.2, -0.15) is 4.31 Å². The molecule has 1 unspecified atom stereocenters. The van der Waals surface area contributed by atoms with E-state index in [1.807, 2.05) is 6.92 Å². The summed E-state index contributed by atoms with van der Waals surface area (Å²) in [6, 6.07) is 7.00. The third kappa shape index (κ3) is 5.38. The molecule has 1 heterocycles. The van der Waals surface area contributed by atoms with E-state index in [-0.39, 0.29) is 25.0 Å². The number of hydrogen-bond donors (Lipinski definition) is 1. The Bertz CT molecular complexity index is 894. The van der Waals surface area contributed by atoms with Crippen molar-refractivity contribution in [1.29, 1.82) is 0 Å². The van der Waals surface area contributed by atoms with Crippen LogP contribution in [0.5, 0.6) is 5.75 Å². The van der Waals surface area contributed by atoms with Crippen molar-refractivity contribution in [3.05, 3.63) is 24.3 Å². The average Bonchev–Trinajstić information content (AvgIpc) is 2.97. The van der Waals surface area contributed by atoms with Crippen molar-refractivity contribution in [2.45, 2.75) is 64.0 Å². The van der Waals surface area contributed by atoms with E-state index < -0.39 is 21.5 Å². The van der Waals surface area contributed by atoms with Crippen LogP contribution in [0.1, 0.15) is 52.4 Å². The first-order chi connectivity index (χ1) is 14.6. The fourth-order valence-corrected chi connectivity index (χ4v) is 5.26. The predicted octanol–water partition coefficient (Wildman–Crippen LogP) is 2.29. The molecular weight excluding hydrogens is 418 g/mol. The number of rotatable bonds is 6. The number of carbonyl (C=O) groups is 2. The summed E-state index contributed by atoms with van der Waals surface area (Å²) >= 11 is 0. The number of ether oxygens (including phenoxy) is 1. The smallest absolute Gasteiger partial charge is 0.247 e. The lowest BCUT2D eigenvalue weighted by Gasteiger charge is -2.47. The Labute approximate surface area is 185 Å². The van der Waals surface area contributed by atoms with Gasteiger partial charge in [0, 0.05) is 18.3 Å². The zero-order valence-electron chi connectivity index (χ0n) is 18.6. The maximum atomic E-state index is 13.5. The van der Waals surface area contributed by atoms with Gasteiger partial charge in [0.2, 0.25) is 21.8 Å². The molecule has 172 valence electrons. The second kappa shape index (κ2) is 9.56. The first-order valence-corrected chi connectivity index (χ1v) is 12.8. The first kappa shape index (κ1) is 23.5. The second-order valence-corrected chi connectivity index (χ2v) is 10.6. The van der Waals surface area contributed by atoms with Crippen molar-refractivity contribution in [3.8, 4) is 5.75 Å². The van der Waals surface area contributed by atoms with Crippen LogP contribution in [-0.2, 0) is 19.6 Å². The maximum Gasteiger partial charge on any atom is 0.247 e. The zero-order chi connectivity index (χ0) is 22.6. The molecule has 0 aromatic heterocycles. The molecule has 0 spiro atoms. The number of benzene rings is 1. The standard InChI is InChI=1S/C22H33N3O5S/c1-4-30-19-13-11-18(12-14-19)25-20(26)15-24(31(3,28)29)16-22(25,2)21(27)23-17-9-7-5-6-8-10-17/h11-14,17H,4-10,15-16H2,1-3H3,(H,23,27). The van der Waals surface area contributed by atoms with Gasteiger partial charge in [0.05, 0.1) is 19.4 Å². The van der Waals surface area contributed by atoms with Gasteiger partial charge in [-0.15, -0.1) is 0 Å². The number of nitrogens with one attached hydrogen (secondary N) is 1. The quantitative estimate of drug-likeness (QED) is 0.670. The topological polar surface area (TPSA) is 96.0 Å². The molecule has 9 heteroatoms. The Morgan fingerprint density at radius 3 is 2.32 bits per heavy atom. The number of piperazine rings is 1. The molecule has 1 saturated heterocycles. The number of amides is 2. The van der Waals surface area contributed by atoms with Gasteiger partial charge >= 0.3 is 0 Å². The van der Waals surface area contributed by atoms with E-state index in [9.17, 15) is 18.0 Å². The van der Waals surface area contributed by atoms with E-state index in [0.717, 1.165) is 49.1 Å². The summed E-state index contributed by atoms with van der Waals surface area (Å²) in [4.78, 5) is 28.1. The van der Waals surface area contributed by atoms with Crippen molar-refractivity contribution in [2.75, 3.05) is 30.9 Å². The highest BCUT2D eigenvalue weighted by Crippen LogP contribution is 2.32. The molecule has 3 rings (SSSR count). The molecule has 1 atom stereocenters. The molecule has 1 aromatic carbocycles. The molecule has 31 heavy (non-hydrogen) atoms. The Balaban J connectivity index is 1.93. The number of carbonyl (C=O) groups excluding carboxylic acids is 2. The summed E-state index contributed by atoms with van der Waals surface area (Å²) in [5.41, 5.74) is -0.821. The lowest BCUT2D eigenvalue weighted by atomic mass is 9.93. The van der Waals surface area contributed by atoms with Gasteiger partial charge in [-0.3, -0.25) is 14.5 Å². The van der Waals surface area contributed by atoms with Gasteiger partial charge in [-0.05, 0) is 51.0 Å². The highest BCUT2D eigenvalue weighted by atomic mass is 32.2. The van der Waals surface area contributed by atoms with Crippen molar-refractivity contribution in [3.63, 3.8) is 0 Å². The van der Waals surface area contributed by atoms with E-state index in [1.165, 1.54) is 4.90 Å². The van der Waals surface area contributed by atoms with Gasteiger partial charge in [0.25, 0.3) is 0 Å². The highest BCUT2D eigenvalue weighted by molar-refractivity contribution is 7.88. The Hall–Kier alpha value is -2.13. The summed E-state index contributed by atoms with van der Waals surface area (Å²) in [7, 11) is -3.64. The molecule has 8 nitrogen and oxygen atoms in total. The lowest BCUT2D eigenvalue weighted by molar-refractivity contribution is -0.133. The van der Waals surface area contributed by atoms with Crippen molar-refractivity contribution >= 4 is 27.5 Å². The third-order valence-corrected chi connectivity index (χ3v) is 7.29. The molecule has 2 aliphatic rings. The van der Waals surface area contributed by atoms with Crippen LogP contribution in [-0.4, -0.2) is 62.1 Å². The van der Waals surface area contributed by atoms with Gasteiger partial charge in [-0.1, -0.05) is 25.7 Å². The van der Waals surface area contributed by atoms with Crippen LogP contribution < -0.4 is 15.0 Å². The van der Waals surface area contributed by atoms with E-state index in [4.69, 9.17) is 4.74 Å². The van der Waals surface area contributed by atoms with E-state index in [2.05, 4.69) is 5.32 Å². The summed E-state index contributed by atoms with van der Waals surface area (Å²) in [6.45, 7) is 3.66. The van der Waals surface area contributed by atoms with Crippen LogP contribution in [0.4, 0.5) is 5.69 Å². The zero-order valence-corrected chi connectivity index (χ0v) is 19.4. The highest BCUT2D eigenvalue weighted by Gasteiger charge is 2.50. The minimum atomic E-state index is -3.64. The number of anilines is 1. The Kier molecular flexibility index (Phi) is 7.26. The maximum absolute atomic E-state index is 13.5. The van der Waals surface area contributed by atoms with Crippen LogP contribution >= 0.6 is 0 Å². The normalized spacial score (nSPS) is 24.0. The van der Waals surface area contributed by atoms with Crippen LogP contribution in [0.25, 0.3) is 0 Å².